The standard InChI is InChI=1S/C39H60N6O6/c1-5-14-36(47)44-21-12-13-22-45(44)39(50)51-35(24-30-17-10-7-11-18-30)38(49)43(4)33(25-31-26-40-27-41-31)37(48)42-32(34(46)20-19-28(2)3)23-29-15-8-6-9-16-29/h7,10-11,17-18,26-29,32-35,46H,5-6,8-9,12-16,19-25H2,1-4H3,(H,40,41)(H,42,48)/t32?,33-,34?,35?/m0/s1. The zero-order valence-electron chi connectivity index (χ0n) is 31.1. The molecule has 0 radical (unpaired) electrons. The second-order valence-electron chi connectivity index (χ2n) is 14.8. The van der Waals surface area contributed by atoms with Gasteiger partial charge in [-0.05, 0) is 55.9 Å². The van der Waals surface area contributed by atoms with E-state index in [0.717, 1.165) is 44.1 Å². The number of carbonyl (C=O) groups is 4. The number of hydrogen-bond acceptors (Lipinski definition) is 7. The van der Waals surface area contributed by atoms with E-state index >= 15 is 0 Å². The number of aromatic nitrogens is 2. The van der Waals surface area contributed by atoms with Gasteiger partial charge in [0, 0.05) is 45.6 Å². The Balaban J connectivity index is 1.59. The third kappa shape index (κ3) is 12.1. The first kappa shape index (κ1) is 39.8. The number of hydrogen-bond donors (Lipinski definition) is 3. The Morgan fingerprint density at radius 1 is 1.00 bits per heavy atom. The van der Waals surface area contributed by atoms with Crippen molar-refractivity contribution in [3.63, 3.8) is 0 Å². The number of aliphatic hydroxyl groups is 1. The number of aromatic amines is 1. The van der Waals surface area contributed by atoms with E-state index < -0.39 is 42.2 Å². The number of nitrogens with one attached hydrogen (secondary N) is 2. The molecule has 2 aromatic rings. The van der Waals surface area contributed by atoms with Gasteiger partial charge in [0.1, 0.15) is 6.04 Å². The van der Waals surface area contributed by atoms with Crippen LogP contribution >= 0.6 is 0 Å². The summed E-state index contributed by atoms with van der Waals surface area (Å²) in [6.07, 6.45) is 10.8. The summed E-state index contributed by atoms with van der Waals surface area (Å²) in [6, 6.07) is 7.82. The number of carbonyl (C=O) groups excluding carboxylic acids is 4. The van der Waals surface area contributed by atoms with Crippen molar-refractivity contribution >= 4 is 23.8 Å². The predicted octanol–water partition coefficient (Wildman–Crippen LogP) is 5.42. The lowest BCUT2D eigenvalue weighted by Crippen LogP contribution is -2.57. The molecule has 51 heavy (non-hydrogen) atoms. The second-order valence-corrected chi connectivity index (χ2v) is 14.8. The Morgan fingerprint density at radius 3 is 2.35 bits per heavy atom. The van der Waals surface area contributed by atoms with Gasteiger partial charge in [-0.15, -0.1) is 0 Å². The highest BCUT2D eigenvalue weighted by molar-refractivity contribution is 5.91. The molecule has 1 aliphatic carbocycles. The van der Waals surface area contributed by atoms with Crippen LogP contribution in [0.2, 0.25) is 0 Å². The van der Waals surface area contributed by atoms with Crippen molar-refractivity contribution in [2.45, 2.75) is 135 Å². The molecular formula is C39H60N6O6. The smallest absolute Gasteiger partial charge is 0.429 e. The minimum Gasteiger partial charge on any atom is -0.434 e. The maximum atomic E-state index is 14.5. The van der Waals surface area contributed by atoms with Crippen LogP contribution in [0.3, 0.4) is 0 Å². The van der Waals surface area contributed by atoms with E-state index in [2.05, 4.69) is 29.1 Å². The molecule has 4 atom stereocenters. The van der Waals surface area contributed by atoms with Crippen LogP contribution in [0.4, 0.5) is 4.79 Å². The maximum Gasteiger partial charge on any atom is 0.429 e. The highest BCUT2D eigenvalue weighted by Gasteiger charge is 2.38. The third-order valence-electron chi connectivity index (χ3n) is 10.2. The van der Waals surface area contributed by atoms with Gasteiger partial charge >= 0.3 is 6.09 Å². The molecule has 0 spiro atoms. The summed E-state index contributed by atoms with van der Waals surface area (Å²) in [7, 11) is 1.55. The fourth-order valence-electron chi connectivity index (χ4n) is 7.21. The molecule has 4 rings (SSSR count). The predicted molar refractivity (Wildman–Crippen MR) is 195 cm³/mol. The largest absolute Gasteiger partial charge is 0.434 e. The molecule has 3 N–H and O–H groups in total. The van der Waals surface area contributed by atoms with Gasteiger partial charge < -0.3 is 25.0 Å². The maximum absolute atomic E-state index is 14.5. The lowest BCUT2D eigenvalue weighted by molar-refractivity contribution is -0.154. The fourth-order valence-corrected chi connectivity index (χ4v) is 7.21. The van der Waals surface area contributed by atoms with E-state index in [1.54, 1.807) is 13.2 Å². The molecule has 12 nitrogen and oxygen atoms in total. The van der Waals surface area contributed by atoms with Crippen LogP contribution < -0.4 is 5.32 Å². The SMILES string of the molecule is CCCC(=O)N1CCCCN1C(=O)OC(Cc1ccccc1)C(=O)N(C)[C@@H](Cc1c[nH]cn1)C(=O)NC(CC1CCCCC1)C(O)CCC(C)C. The number of ether oxygens (including phenoxy) is 1. The van der Waals surface area contributed by atoms with Gasteiger partial charge in [-0.2, -0.15) is 0 Å². The van der Waals surface area contributed by atoms with Gasteiger partial charge in [0.05, 0.1) is 24.2 Å². The highest BCUT2D eigenvalue weighted by atomic mass is 16.6. The number of nitrogens with zero attached hydrogens (tertiary/aromatic N) is 4. The number of benzene rings is 1. The van der Waals surface area contributed by atoms with Crippen LogP contribution in [0, 0.1) is 11.8 Å². The Labute approximate surface area is 303 Å². The number of aliphatic hydroxyl groups excluding tert-OH is 1. The molecule has 3 unspecified atom stereocenters. The number of rotatable bonds is 17. The molecule has 0 bridgehead atoms. The van der Waals surface area contributed by atoms with Gasteiger partial charge in [0.25, 0.3) is 5.91 Å². The van der Waals surface area contributed by atoms with Gasteiger partial charge in [0.15, 0.2) is 6.10 Å². The number of hydrazine groups is 1. The van der Waals surface area contributed by atoms with E-state index in [1.807, 2.05) is 37.3 Å². The van der Waals surface area contributed by atoms with Gasteiger partial charge in [-0.25, -0.2) is 19.8 Å². The Hall–Kier alpha value is -3.93. The first-order valence-corrected chi connectivity index (χ1v) is 19.1. The average Bonchev–Trinajstić information content (AvgIpc) is 3.66. The third-order valence-corrected chi connectivity index (χ3v) is 10.2. The zero-order valence-corrected chi connectivity index (χ0v) is 31.1. The Kier molecular flexibility index (Phi) is 15.8. The molecule has 1 aliphatic heterocycles. The molecular weight excluding hydrogens is 648 g/mol. The Bertz CT molecular complexity index is 1370. The summed E-state index contributed by atoms with van der Waals surface area (Å²) >= 11 is 0. The molecule has 1 aromatic heterocycles. The van der Waals surface area contributed by atoms with Crippen molar-refractivity contribution in [2.75, 3.05) is 20.1 Å². The minimum absolute atomic E-state index is 0.0848. The van der Waals surface area contributed by atoms with Crippen molar-refractivity contribution in [2.24, 2.45) is 11.8 Å². The number of imidazole rings is 1. The van der Waals surface area contributed by atoms with Gasteiger partial charge in [-0.3, -0.25) is 14.4 Å². The summed E-state index contributed by atoms with van der Waals surface area (Å²) in [4.78, 5) is 64.1. The summed E-state index contributed by atoms with van der Waals surface area (Å²) in [5.41, 5.74) is 1.37. The second kappa shape index (κ2) is 20.2. The number of likely N-dealkylation sites (N-methyl/N-ethyl adjacent to an activating group) is 1. The monoisotopic (exact) mass is 708 g/mol. The number of H-pyrrole nitrogens is 1. The van der Waals surface area contributed by atoms with Crippen LogP contribution in [0.15, 0.2) is 42.9 Å². The van der Waals surface area contributed by atoms with E-state index in [9.17, 15) is 24.3 Å². The topological polar surface area (TPSA) is 148 Å². The minimum atomic E-state index is -1.26. The summed E-state index contributed by atoms with van der Waals surface area (Å²) in [5.74, 6) is -0.278. The molecule has 1 saturated heterocycles. The van der Waals surface area contributed by atoms with E-state index in [-0.39, 0.29) is 18.7 Å². The molecule has 2 fully saturated rings. The van der Waals surface area contributed by atoms with Crippen LogP contribution in [0.25, 0.3) is 0 Å². The van der Waals surface area contributed by atoms with E-state index in [0.29, 0.717) is 62.7 Å². The molecule has 4 amide bonds. The summed E-state index contributed by atoms with van der Waals surface area (Å²) in [6.45, 7) is 6.86. The molecule has 282 valence electrons. The lowest BCUT2D eigenvalue weighted by atomic mass is 9.83. The normalized spacial score (nSPS) is 17.8. The van der Waals surface area contributed by atoms with E-state index in [1.165, 1.54) is 27.7 Å². The van der Waals surface area contributed by atoms with Crippen molar-refractivity contribution in [3.8, 4) is 0 Å². The average molecular weight is 709 g/mol. The van der Waals surface area contributed by atoms with Crippen LogP contribution in [-0.4, -0.2) is 98.2 Å². The molecule has 12 heteroatoms. The van der Waals surface area contributed by atoms with Crippen LogP contribution in [-0.2, 0) is 32.0 Å². The molecule has 2 heterocycles. The highest BCUT2D eigenvalue weighted by Crippen LogP contribution is 2.29. The first-order valence-electron chi connectivity index (χ1n) is 19.1. The van der Waals surface area contributed by atoms with Gasteiger partial charge in [-0.1, -0.05) is 83.2 Å². The van der Waals surface area contributed by atoms with Crippen LogP contribution in [0.5, 0.6) is 0 Å². The first-order chi connectivity index (χ1) is 24.6. The van der Waals surface area contributed by atoms with Gasteiger partial charge in [0.2, 0.25) is 11.8 Å². The van der Waals surface area contributed by atoms with Crippen molar-refractivity contribution in [1.29, 1.82) is 0 Å². The van der Waals surface area contributed by atoms with E-state index in [4.69, 9.17) is 4.74 Å². The molecule has 1 saturated carbocycles. The van der Waals surface area contributed by atoms with Crippen molar-refractivity contribution in [3.05, 3.63) is 54.1 Å². The fraction of sp³-hybridized carbons (Fsp3) is 0.667. The van der Waals surface area contributed by atoms with Crippen LogP contribution in [0.1, 0.15) is 109 Å². The summed E-state index contributed by atoms with van der Waals surface area (Å²) < 4.78 is 5.98. The number of amides is 4. The Morgan fingerprint density at radius 2 is 1.71 bits per heavy atom. The molecule has 2 aliphatic rings. The van der Waals surface area contributed by atoms with Crippen molar-refractivity contribution in [1.82, 2.24) is 30.2 Å². The summed E-state index contributed by atoms with van der Waals surface area (Å²) in [5, 5.41) is 17.3. The lowest BCUT2D eigenvalue weighted by Gasteiger charge is -2.38. The molecule has 1 aromatic carbocycles. The quantitative estimate of drug-likeness (QED) is 0.199. The zero-order chi connectivity index (χ0) is 36.8. The van der Waals surface area contributed by atoms with Crippen molar-refractivity contribution < 1.29 is 29.0 Å².